The zero-order valence-corrected chi connectivity index (χ0v) is 16.0. The summed E-state index contributed by atoms with van der Waals surface area (Å²) in [5.74, 6) is 0. The minimum Gasteiger partial charge on any atom is -0.322 e. The van der Waals surface area contributed by atoms with Crippen LogP contribution in [0.3, 0.4) is 0 Å². The van der Waals surface area contributed by atoms with Gasteiger partial charge in [0, 0.05) is 0 Å². The SMILES string of the molecule is CCC=C(C1=CC(N)(S(=O)(=O)C(C)CC)C(N)C=C1)c1ccccc1. The standard InChI is InChI=1S/C20H28N2O2S/c1-4-9-18(16-10-7-6-8-11-16)17-12-13-19(21)20(22,14-17)25(23,24)15(3)5-2/h6-15,19H,4-5,21-22H2,1-3H3. The van der Waals surface area contributed by atoms with Crippen molar-refractivity contribution in [1.29, 1.82) is 0 Å². The third kappa shape index (κ3) is 3.64. The molecule has 0 saturated carbocycles. The number of nitrogens with two attached hydrogens (primary N) is 2. The number of hydrogen-bond acceptors (Lipinski definition) is 4. The minimum absolute atomic E-state index is 0.497. The first-order chi connectivity index (χ1) is 11.8. The van der Waals surface area contributed by atoms with Crippen LogP contribution < -0.4 is 11.5 Å². The molecule has 1 aromatic rings. The maximum absolute atomic E-state index is 13.0. The number of rotatable bonds is 6. The van der Waals surface area contributed by atoms with E-state index in [2.05, 4.69) is 6.08 Å². The topological polar surface area (TPSA) is 86.2 Å². The molecule has 136 valence electrons. The van der Waals surface area contributed by atoms with Crippen LogP contribution in [0.25, 0.3) is 5.57 Å². The summed E-state index contributed by atoms with van der Waals surface area (Å²) in [6.07, 6.45) is 8.61. The summed E-state index contributed by atoms with van der Waals surface area (Å²) in [4.78, 5) is -1.60. The lowest BCUT2D eigenvalue weighted by atomic mass is 9.89. The van der Waals surface area contributed by atoms with Crippen LogP contribution in [-0.4, -0.2) is 24.6 Å². The van der Waals surface area contributed by atoms with Gasteiger partial charge >= 0.3 is 0 Å². The van der Waals surface area contributed by atoms with Gasteiger partial charge in [-0.2, -0.15) is 0 Å². The molecule has 25 heavy (non-hydrogen) atoms. The number of hydrogen-bond donors (Lipinski definition) is 2. The highest BCUT2D eigenvalue weighted by Gasteiger charge is 2.46. The van der Waals surface area contributed by atoms with Gasteiger partial charge in [-0.3, -0.25) is 0 Å². The van der Waals surface area contributed by atoms with Crippen LogP contribution in [-0.2, 0) is 9.84 Å². The van der Waals surface area contributed by atoms with E-state index in [1.54, 1.807) is 19.1 Å². The first-order valence-electron chi connectivity index (χ1n) is 8.72. The van der Waals surface area contributed by atoms with E-state index in [1.165, 1.54) is 0 Å². The van der Waals surface area contributed by atoms with Gasteiger partial charge in [0.15, 0.2) is 14.7 Å². The second-order valence-electron chi connectivity index (χ2n) is 6.49. The Bertz CT molecular complexity index is 794. The van der Waals surface area contributed by atoms with Crippen molar-refractivity contribution in [3.63, 3.8) is 0 Å². The lowest BCUT2D eigenvalue weighted by Gasteiger charge is -2.36. The van der Waals surface area contributed by atoms with E-state index in [9.17, 15) is 8.42 Å². The van der Waals surface area contributed by atoms with Crippen LogP contribution in [0.15, 0.2) is 60.2 Å². The first-order valence-corrected chi connectivity index (χ1v) is 10.3. The summed E-state index contributed by atoms with van der Waals surface area (Å²) in [5, 5.41) is -0.553. The number of sulfone groups is 1. The van der Waals surface area contributed by atoms with Gasteiger partial charge in [-0.05, 0) is 42.6 Å². The van der Waals surface area contributed by atoms with E-state index in [0.717, 1.165) is 23.1 Å². The normalized spacial score (nSPS) is 25.6. The van der Waals surface area contributed by atoms with Crippen LogP contribution in [0, 0.1) is 0 Å². The van der Waals surface area contributed by atoms with Crippen molar-refractivity contribution in [2.24, 2.45) is 11.5 Å². The fraction of sp³-hybridized carbons (Fsp3) is 0.400. The third-order valence-corrected chi connectivity index (χ3v) is 7.56. The van der Waals surface area contributed by atoms with Crippen molar-refractivity contribution in [2.45, 2.75) is 49.8 Å². The molecule has 0 aromatic heterocycles. The molecule has 1 aromatic carbocycles. The molecule has 0 fully saturated rings. The molecule has 0 aliphatic heterocycles. The molecule has 3 atom stereocenters. The van der Waals surface area contributed by atoms with E-state index in [1.807, 2.05) is 50.3 Å². The third-order valence-electron chi connectivity index (χ3n) is 4.79. The quantitative estimate of drug-likeness (QED) is 0.816. The van der Waals surface area contributed by atoms with Gasteiger partial charge in [0.25, 0.3) is 0 Å². The molecule has 1 aliphatic carbocycles. The maximum Gasteiger partial charge on any atom is 0.177 e. The summed E-state index contributed by atoms with van der Waals surface area (Å²) >= 11 is 0. The van der Waals surface area contributed by atoms with Crippen molar-refractivity contribution < 1.29 is 8.42 Å². The van der Waals surface area contributed by atoms with Crippen molar-refractivity contribution in [3.05, 3.63) is 65.8 Å². The van der Waals surface area contributed by atoms with Crippen molar-refractivity contribution in [2.75, 3.05) is 0 Å². The zero-order valence-electron chi connectivity index (χ0n) is 15.1. The average Bonchev–Trinajstić information content (AvgIpc) is 2.62. The Morgan fingerprint density at radius 1 is 1.28 bits per heavy atom. The molecule has 4 N–H and O–H groups in total. The molecular formula is C20H28N2O2S. The van der Waals surface area contributed by atoms with E-state index in [4.69, 9.17) is 11.5 Å². The molecule has 0 bridgehead atoms. The molecule has 5 heteroatoms. The van der Waals surface area contributed by atoms with Gasteiger partial charge in [-0.15, -0.1) is 0 Å². The molecule has 0 amide bonds. The Kier molecular flexibility index (Phi) is 6.03. The Hall–Kier alpha value is -1.69. The molecular weight excluding hydrogens is 332 g/mol. The van der Waals surface area contributed by atoms with Gasteiger partial charge in [0.05, 0.1) is 11.3 Å². The summed E-state index contributed by atoms with van der Waals surface area (Å²) in [5.41, 5.74) is 15.3. The van der Waals surface area contributed by atoms with E-state index in [0.29, 0.717) is 6.42 Å². The molecule has 4 nitrogen and oxygen atoms in total. The summed E-state index contributed by atoms with van der Waals surface area (Å²) in [7, 11) is -3.63. The van der Waals surface area contributed by atoms with Crippen molar-refractivity contribution in [3.8, 4) is 0 Å². The summed E-state index contributed by atoms with van der Waals surface area (Å²) in [6, 6.07) is 9.12. The van der Waals surface area contributed by atoms with Crippen molar-refractivity contribution in [1.82, 2.24) is 0 Å². The average molecular weight is 361 g/mol. The van der Waals surface area contributed by atoms with Crippen LogP contribution in [0.2, 0.25) is 0 Å². The maximum atomic E-state index is 13.0. The van der Waals surface area contributed by atoms with Gasteiger partial charge in [-0.1, -0.05) is 62.4 Å². The highest BCUT2D eigenvalue weighted by Crippen LogP contribution is 2.34. The molecule has 2 rings (SSSR count). The zero-order chi connectivity index (χ0) is 18.7. The number of allylic oxidation sites excluding steroid dienone is 4. The molecule has 1 aliphatic rings. The van der Waals surface area contributed by atoms with E-state index < -0.39 is 26.0 Å². The Balaban J connectivity index is 2.58. The number of benzene rings is 1. The monoisotopic (exact) mass is 360 g/mol. The second-order valence-corrected chi connectivity index (χ2v) is 9.10. The van der Waals surface area contributed by atoms with Gasteiger partial charge in [0.1, 0.15) is 0 Å². The van der Waals surface area contributed by atoms with Crippen LogP contribution in [0.5, 0.6) is 0 Å². The van der Waals surface area contributed by atoms with Crippen LogP contribution in [0.4, 0.5) is 0 Å². The highest BCUT2D eigenvalue weighted by molar-refractivity contribution is 7.93. The summed E-state index contributed by atoms with van der Waals surface area (Å²) < 4.78 is 26.0. The largest absolute Gasteiger partial charge is 0.322 e. The van der Waals surface area contributed by atoms with Gasteiger partial charge in [0.2, 0.25) is 0 Å². The lowest BCUT2D eigenvalue weighted by molar-refractivity contribution is 0.518. The summed E-state index contributed by atoms with van der Waals surface area (Å²) in [6.45, 7) is 5.57. The highest BCUT2D eigenvalue weighted by atomic mass is 32.2. The van der Waals surface area contributed by atoms with Gasteiger partial charge < -0.3 is 11.5 Å². The predicted molar refractivity (Wildman–Crippen MR) is 105 cm³/mol. The van der Waals surface area contributed by atoms with E-state index >= 15 is 0 Å². The van der Waals surface area contributed by atoms with Crippen LogP contribution in [0.1, 0.15) is 39.2 Å². The molecule has 0 spiro atoms. The Labute approximate surface area is 151 Å². The predicted octanol–water partition coefficient (Wildman–Crippen LogP) is 3.17. The second kappa shape index (κ2) is 7.68. The fourth-order valence-electron chi connectivity index (χ4n) is 2.98. The molecule has 3 unspecified atom stereocenters. The first kappa shape index (κ1) is 19.6. The smallest absolute Gasteiger partial charge is 0.177 e. The Morgan fingerprint density at radius 3 is 2.48 bits per heavy atom. The van der Waals surface area contributed by atoms with Crippen molar-refractivity contribution >= 4 is 15.4 Å². The molecule has 0 radical (unpaired) electrons. The van der Waals surface area contributed by atoms with Gasteiger partial charge in [-0.25, -0.2) is 8.42 Å². The fourth-order valence-corrected chi connectivity index (χ4v) is 4.86. The molecule has 0 heterocycles. The van der Waals surface area contributed by atoms with Crippen LogP contribution >= 0.6 is 0 Å². The minimum atomic E-state index is -3.63. The molecule has 0 saturated heterocycles. The lowest BCUT2D eigenvalue weighted by Crippen LogP contribution is -2.61. The van der Waals surface area contributed by atoms with E-state index in [-0.39, 0.29) is 0 Å². The Morgan fingerprint density at radius 2 is 1.92 bits per heavy atom.